The van der Waals surface area contributed by atoms with Crippen LogP contribution in [0.15, 0.2) is 4.52 Å². The summed E-state index contributed by atoms with van der Waals surface area (Å²) in [4.78, 5) is 4.45. The van der Waals surface area contributed by atoms with Gasteiger partial charge in [-0.1, -0.05) is 5.16 Å². The van der Waals surface area contributed by atoms with Crippen LogP contribution in [0.2, 0.25) is 0 Å². The van der Waals surface area contributed by atoms with Gasteiger partial charge in [0.2, 0.25) is 0 Å². The molecule has 1 aromatic heterocycles. The third kappa shape index (κ3) is 1.97. The van der Waals surface area contributed by atoms with Gasteiger partial charge in [0.15, 0.2) is 5.82 Å². The van der Waals surface area contributed by atoms with Crippen molar-refractivity contribution in [2.75, 3.05) is 13.2 Å². The summed E-state index contributed by atoms with van der Waals surface area (Å²) in [6, 6.07) is 0.279. The van der Waals surface area contributed by atoms with Gasteiger partial charge in [-0.25, -0.2) is 0 Å². The van der Waals surface area contributed by atoms with Crippen molar-refractivity contribution in [2.24, 2.45) is 0 Å². The van der Waals surface area contributed by atoms with Gasteiger partial charge in [-0.2, -0.15) is 4.98 Å². The normalized spacial score (nSPS) is 30.8. The first-order chi connectivity index (χ1) is 7.93. The minimum absolute atomic E-state index is 0.0244. The third-order valence-corrected chi connectivity index (χ3v) is 3.28. The Bertz CT molecular complexity index is 341. The van der Waals surface area contributed by atoms with Crippen molar-refractivity contribution in [3.8, 4) is 0 Å². The minimum Gasteiger partial charge on any atom is -0.368 e. The summed E-state index contributed by atoms with van der Waals surface area (Å²) in [7, 11) is 0. The van der Waals surface area contributed by atoms with Crippen molar-refractivity contribution in [3.05, 3.63) is 11.7 Å². The van der Waals surface area contributed by atoms with E-state index >= 15 is 0 Å². The van der Waals surface area contributed by atoms with Crippen molar-refractivity contribution in [3.63, 3.8) is 0 Å². The summed E-state index contributed by atoms with van der Waals surface area (Å²) in [5.41, 5.74) is 0. The second-order valence-electron chi connectivity index (χ2n) is 4.49. The number of rotatable bonds is 2. The third-order valence-electron chi connectivity index (χ3n) is 3.28. The van der Waals surface area contributed by atoms with Gasteiger partial charge in [0, 0.05) is 6.61 Å². The molecule has 2 fully saturated rings. The summed E-state index contributed by atoms with van der Waals surface area (Å²) in [5, 5.41) is 7.41. The van der Waals surface area contributed by atoms with Crippen LogP contribution in [0.5, 0.6) is 0 Å². The van der Waals surface area contributed by atoms with Crippen LogP contribution in [0.1, 0.15) is 56.0 Å². The largest absolute Gasteiger partial charge is 0.368 e. The molecular formula is C11H17N3O2. The summed E-state index contributed by atoms with van der Waals surface area (Å²) in [6.45, 7) is 1.86. The Morgan fingerprint density at radius 1 is 1.19 bits per heavy atom. The molecule has 16 heavy (non-hydrogen) atoms. The van der Waals surface area contributed by atoms with Crippen molar-refractivity contribution in [1.82, 2.24) is 15.5 Å². The second-order valence-corrected chi connectivity index (χ2v) is 4.49. The van der Waals surface area contributed by atoms with Crippen molar-refractivity contribution in [2.45, 2.75) is 44.2 Å². The highest BCUT2D eigenvalue weighted by molar-refractivity contribution is 4.98. The maximum absolute atomic E-state index is 5.62. The Balaban J connectivity index is 1.71. The molecule has 0 aromatic carbocycles. The van der Waals surface area contributed by atoms with Gasteiger partial charge >= 0.3 is 0 Å². The molecular weight excluding hydrogens is 206 g/mol. The Labute approximate surface area is 94.6 Å². The molecule has 2 unspecified atom stereocenters. The molecule has 0 bridgehead atoms. The molecule has 88 valence electrons. The highest BCUT2D eigenvalue weighted by Gasteiger charge is 2.26. The fourth-order valence-electron chi connectivity index (χ4n) is 2.36. The molecule has 1 aromatic rings. The molecule has 5 nitrogen and oxygen atoms in total. The Hall–Kier alpha value is -0.940. The number of hydrogen-bond acceptors (Lipinski definition) is 5. The van der Waals surface area contributed by atoms with E-state index in [1.54, 1.807) is 0 Å². The van der Waals surface area contributed by atoms with Crippen LogP contribution in [0.25, 0.3) is 0 Å². The lowest BCUT2D eigenvalue weighted by atomic mass is 10.1. The molecule has 3 heterocycles. The van der Waals surface area contributed by atoms with E-state index in [0.717, 1.165) is 38.2 Å². The van der Waals surface area contributed by atoms with Crippen LogP contribution in [0.4, 0.5) is 0 Å². The molecule has 0 saturated carbocycles. The monoisotopic (exact) mass is 223 g/mol. The van der Waals surface area contributed by atoms with E-state index < -0.39 is 0 Å². The molecule has 5 heteroatoms. The zero-order chi connectivity index (χ0) is 10.8. The molecule has 2 aliphatic rings. The van der Waals surface area contributed by atoms with Crippen LogP contribution < -0.4 is 5.32 Å². The number of ether oxygens (including phenoxy) is 1. The summed E-state index contributed by atoms with van der Waals surface area (Å²) < 4.78 is 10.9. The van der Waals surface area contributed by atoms with E-state index in [-0.39, 0.29) is 12.1 Å². The minimum atomic E-state index is 0.0244. The van der Waals surface area contributed by atoms with E-state index in [0.29, 0.717) is 5.89 Å². The van der Waals surface area contributed by atoms with E-state index in [1.807, 2.05) is 0 Å². The highest BCUT2D eigenvalue weighted by Crippen LogP contribution is 2.28. The smallest absolute Gasteiger partial charge is 0.255 e. The molecule has 0 radical (unpaired) electrons. The van der Waals surface area contributed by atoms with Crippen LogP contribution in [-0.2, 0) is 4.74 Å². The van der Waals surface area contributed by atoms with Crippen molar-refractivity contribution in [1.29, 1.82) is 0 Å². The molecule has 0 spiro atoms. The average molecular weight is 223 g/mol. The first-order valence-electron chi connectivity index (χ1n) is 6.12. The summed E-state index contributed by atoms with van der Waals surface area (Å²) >= 11 is 0. The first-order valence-corrected chi connectivity index (χ1v) is 6.12. The predicted molar refractivity (Wildman–Crippen MR) is 56.8 cm³/mol. The van der Waals surface area contributed by atoms with E-state index in [2.05, 4.69) is 15.5 Å². The van der Waals surface area contributed by atoms with Gasteiger partial charge in [-0.3, -0.25) is 0 Å². The van der Waals surface area contributed by atoms with E-state index in [4.69, 9.17) is 9.26 Å². The number of hydrogen-bond donors (Lipinski definition) is 1. The molecule has 2 saturated heterocycles. The number of nitrogens with one attached hydrogen (secondary N) is 1. The van der Waals surface area contributed by atoms with Gasteiger partial charge in [0.25, 0.3) is 5.89 Å². The molecule has 2 atom stereocenters. The molecule has 1 N–H and O–H groups in total. The van der Waals surface area contributed by atoms with Gasteiger partial charge < -0.3 is 14.6 Å². The zero-order valence-corrected chi connectivity index (χ0v) is 9.32. The molecule has 2 aliphatic heterocycles. The van der Waals surface area contributed by atoms with Gasteiger partial charge in [0.05, 0.1) is 6.04 Å². The van der Waals surface area contributed by atoms with Gasteiger partial charge in [-0.05, 0) is 38.6 Å². The first kappa shape index (κ1) is 10.2. The van der Waals surface area contributed by atoms with Crippen LogP contribution >= 0.6 is 0 Å². The highest BCUT2D eigenvalue weighted by atomic mass is 16.5. The predicted octanol–water partition coefficient (Wildman–Crippen LogP) is 1.74. The Morgan fingerprint density at radius 3 is 2.94 bits per heavy atom. The lowest BCUT2D eigenvalue weighted by Crippen LogP contribution is -2.15. The van der Waals surface area contributed by atoms with Crippen LogP contribution in [-0.4, -0.2) is 23.3 Å². The average Bonchev–Trinajstić information content (AvgIpc) is 3.01. The van der Waals surface area contributed by atoms with Crippen LogP contribution in [0.3, 0.4) is 0 Å². The fraction of sp³-hybridized carbons (Fsp3) is 0.818. The lowest BCUT2D eigenvalue weighted by Gasteiger charge is -2.18. The molecule has 3 rings (SSSR count). The standard InChI is InChI=1S/C11H17N3O2/c1-2-7-15-9(5-1)11-13-10(14-16-11)8-4-3-6-12-8/h8-9,12H,1-7H2. The van der Waals surface area contributed by atoms with E-state index in [1.165, 1.54) is 12.8 Å². The van der Waals surface area contributed by atoms with E-state index in [9.17, 15) is 0 Å². The fourth-order valence-corrected chi connectivity index (χ4v) is 2.36. The Morgan fingerprint density at radius 2 is 2.19 bits per heavy atom. The second kappa shape index (κ2) is 4.51. The SMILES string of the molecule is C1CCC(c2nc(C3CCCN3)no2)OC1. The number of aromatic nitrogens is 2. The molecule has 0 amide bonds. The maximum Gasteiger partial charge on any atom is 0.255 e. The molecule has 0 aliphatic carbocycles. The van der Waals surface area contributed by atoms with Gasteiger partial charge in [-0.15, -0.1) is 0 Å². The summed E-state index contributed by atoms with van der Waals surface area (Å²) in [6.07, 6.45) is 5.64. The summed E-state index contributed by atoms with van der Waals surface area (Å²) in [5.74, 6) is 1.45. The number of nitrogens with zero attached hydrogens (tertiary/aromatic N) is 2. The maximum atomic E-state index is 5.62. The van der Waals surface area contributed by atoms with Crippen molar-refractivity contribution >= 4 is 0 Å². The quantitative estimate of drug-likeness (QED) is 0.827. The zero-order valence-electron chi connectivity index (χ0n) is 9.32. The Kier molecular flexibility index (Phi) is 2.88. The lowest BCUT2D eigenvalue weighted by molar-refractivity contribution is -0.00459. The van der Waals surface area contributed by atoms with Gasteiger partial charge in [0.1, 0.15) is 6.10 Å². The topological polar surface area (TPSA) is 60.2 Å². The van der Waals surface area contributed by atoms with Crippen molar-refractivity contribution < 1.29 is 9.26 Å². The van der Waals surface area contributed by atoms with Crippen LogP contribution in [0, 0.1) is 0 Å².